The number of hydrogen-bond acceptors (Lipinski definition) is 6. The first-order valence-corrected chi connectivity index (χ1v) is 8.60. The normalized spacial score (nSPS) is 23.1. The first-order chi connectivity index (χ1) is 12.2. The second-order valence-electron chi connectivity index (χ2n) is 6.55. The number of rotatable bonds is 5. The summed E-state index contributed by atoms with van der Waals surface area (Å²) in [6.45, 7) is 3.43. The SMILES string of the molecule is CN1CCO[C@@H](CNCc2cccc3c2OCO3)[C@@H]1c1cncn1C. The lowest BCUT2D eigenvalue weighted by Crippen LogP contribution is -2.47. The molecule has 7 nitrogen and oxygen atoms in total. The van der Waals surface area contributed by atoms with Crippen LogP contribution in [-0.2, 0) is 18.3 Å². The van der Waals surface area contributed by atoms with Crippen LogP contribution in [0.2, 0.25) is 0 Å². The number of nitrogens with zero attached hydrogens (tertiary/aromatic N) is 3. The fourth-order valence-corrected chi connectivity index (χ4v) is 3.58. The zero-order valence-corrected chi connectivity index (χ0v) is 14.6. The van der Waals surface area contributed by atoms with Crippen molar-refractivity contribution < 1.29 is 14.2 Å². The number of aryl methyl sites for hydroxylation is 1. The highest BCUT2D eigenvalue weighted by Crippen LogP contribution is 2.35. The van der Waals surface area contributed by atoms with Gasteiger partial charge in [-0.25, -0.2) is 4.98 Å². The number of fused-ring (bicyclic) bond motifs is 1. The molecule has 2 aromatic rings. The topological polar surface area (TPSA) is 60.8 Å². The minimum absolute atomic E-state index is 0.0723. The van der Waals surface area contributed by atoms with Gasteiger partial charge in [-0.1, -0.05) is 12.1 Å². The molecule has 1 saturated heterocycles. The van der Waals surface area contributed by atoms with E-state index >= 15 is 0 Å². The maximum Gasteiger partial charge on any atom is 0.231 e. The predicted octanol–water partition coefficient (Wildman–Crippen LogP) is 1.31. The molecule has 3 heterocycles. The monoisotopic (exact) mass is 344 g/mol. The second-order valence-corrected chi connectivity index (χ2v) is 6.55. The van der Waals surface area contributed by atoms with E-state index in [0.717, 1.165) is 36.8 Å². The van der Waals surface area contributed by atoms with Crippen LogP contribution >= 0.6 is 0 Å². The Balaban J connectivity index is 1.43. The lowest BCUT2D eigenvalue weighted by molar-refractivity contribution is -0.0636. The summed E-state index contributed by atoms with van der Waals surface area (Å²) in [6, 6.07) is 6.18. The van der Waals surface area contributed by atoms with E-state index < -0.39 is 0 Å². The summed E-state index contributed by atoms with van der Waals surface area (Å²) >= 11 is 0. The molecule has 0 bridgehead atoms. The van der Waals surface area contributed by atoms with Crippen molar-refractivity contribution in [1.82, 2.24) is 19.8 Å². The van der Waals surface area contributed by atoms with Crippen LogP contribution in [0.4, 0.5) is 0 Å². The van der Waals surface area contributed by atoms with Gasteiger partial charge < -0.3 is 24.1 Å². The molecule has 0 radical (unpaired) electrons. The average molecular weight is 344 g/mol. The number of likely N-dealkylation sites (N-methyl/N-ethyl adjacent to an activating group) is 1. The molecule has 0 amide bonds. The summed E-state index contributed by atoms with van der Waals surface area (Å²) in [7, 11) is 4.17. The Kier molecular flexibility index (Phi) is 4.61. The van der Waals surface area contributed by atoms with Gasteiger partial charge in [0.1, 0.15) is 0 Å². The molecular weight excluding hydrogens is 320 g/mol. The summed E-state index contributed by atoms with van der Waals surface area (Å²) in [4.78, 5) is 6.60. The molecule has 1 aromatic heterocycles. The highest BCUT2D eigenvalue weighted by Gasteiger charge is 2.33. The molecule has 1 N–H and O–H groups in total. The van der Waals surface area contributed by atoms with Gasteiger partial charge in [0.15, 0.2) is 11.5 Å². The summed E-state index contributed by atoms with van der Waals surface area (Å²) in [6.07, 6.45) is 3.84. The van der Waals surface area contributed by atoms with E-state index in [1.54, 1.807) is 0 Å². The molecule has 25 heavy (non-hydrogen) atoms. The fraction of sp³-hybridized carbons (Fsp3) is 0.500. The van der Waals surface area contributed by atoms with Gasteiger partial charge in [0.05, 0.1) is 30.8 Å². The highest BCUT2D eigenvalue weighted by atomic mass is 16.7. The van der Waals surface area contributed by atoms with Gasteiger partial charge in [0.2, 0.25) is 6.79 Å². The summed E-state index contributed by atoms with van der Waals surface area (Å²) in [5.74, 6) is 1.67. The number of imidazole rings is 1. The second kappa shape index (κ2) is 7.03. The number of benzene rings is 1. The van der Waals surface area contributed by atoms with Gasteiger partial charge in [0.25, 0.3) is 0 Å². The average Bonchev–Trinajstić information content (AvgIpc) is 3.24. The maximum absolute atomic E-state index is 6.07. The number of nitrogens with one attached hydrogen (secondary N) is 1. The molecule has 2 aliphatic heterocycles. The minimum Gasteiger partial charge on any atom is -0.454 e. The smallest absolute Gasteiger partial charge is 0.231 e. The highest BCUT2D eigenvalue weighted by molar-refractivity contribution is 5.48. The lowest BCUT2D eigenvalue weighted by atomic mass is 10.0. The van der Waals surface area contributed by atoms with Crippen LogP contribution in [-0.4, -0.2) is 54.1 Å². The van der Waals surface area contributed by atoms with Gasteiger partial charge in [-0.15, -0.1) is 0 Å². The lowest BCUT2D eigenvalue weighted by Gasteiger charge is -2.39. The van der Waals surface area contributed by atoms with Crippen LogP contribution in [0, 0.1) is 0 Å². The Morgan fingerprint density at radius 2 is 2.20 bits per heavy atom. The van der Waals surface area contributed by atoms with Gasteiger partial charge in [-0.3, -0.25) is 4.90 Å². The van der Waals surface area contributed by atoms with Crippen LogP contribution < -0.4 is 14.8 Å². The molecule has 0 spiro atoms. The Hall–Kier alpha value is -2.09. The van der Waals surface area contributed by atoms with Crippen molar-refractivity contribution in [3.8, 4) is 11.5 Å². The fourth-order valence-electron chi connectivity index (χ4n) is 3.58. The maximum atomic E-state index is 6.07. The van der Waals surface area contributed by atoms with E-state index in [1.807, 2.05) is 31.7 Å². The van der Waals surface area contributed by atoms with Crippen LogP contribution in [0.5, 0.6) is 11.5 Å². The number of hydrogen-bond donors (Lipinski definition) is 1. The molecule has 134 valence electrons. The number of morpholine rings is 1. The van der Waals surface area contributed by atoms with Crippen molar-refractivity contribution in [3.05, 3.63) is 42.0 Å². The molecule has 0 saturated carbocycles. The first kappa shape index (κ1) is 16.4. The quantitative estimate of drug-likeness (QED) is 0.883. The van der Waals surface area contributed by atoms with Gasteiger partial charge in [0, 0.05) is 38.4 Å². The predicted molar refractivity (Wildman–Crippen MR) is 92.6 cm³/mol. The summed E-state index contributed by atoms with van der Waals surface area (Å²) in [5.41, 5.74) is 2.28. The van der Waals surface area contributed by atoms with Gasteiger partial charge >= 0.3 is 0 Å². The molecule has 7 heteroatoms. The molecule has 0 aliphatic carbocycles. The minimum atomic E-state index is 0.0723. The third kappa shape index (κ3) is 3.22. The number of para-hydroxylation sites is 1. The van der Waals surface area contributed by atoms with Crippen molar-refractivity contribution in [2.45, 2.75) is 18.7 Å². The van der Waals surface area contributed by atoms with Crippen LogP contribution in [0.25, 0.3) is 0 Å². The standard InChI is InChI=1S/C18H24N4O3/c1-21-6-7-23-16(17(21)14-9-20-11-22(14)2)10-19-8-13-4-3-5-15-18(13)25-12-24-15/h3-5,9,11,16-17,19H,6-8,10,12H2,1-2H3/t16-,17-/m0/s1. The van der Waals surface area contributed by atoms with E-state index in [0.29, 0.717) is 13.3 Å². The van der Waals surface area contributed by atoms with Crippen molar-refractivity contribution in [2.75, 3.05) is 33.5 Å². The molecular formula is C18H24N4O3. The Morgan fingerprint density at radius 1 is 1.28 bits per heavy atom. The molecule has 0 unspecified atom stereocenters. The summed E-state index contributed by atoms with van der Waals surface area (Å²) in [5, 5.41) is 3.52. The van der Waals surface area contributed by atoms with E-state index in [4.69, 9.17) is 14.2 Å². The van der Waals surface area contributed by atoms with Gasteiger partial charge in [-0.2, -0.15) is 0 Å². The largest absolute Gasteiger partial charge is 0.454 e. The Labute approximate surface area is 147 Å². The van der Waals surface area contributed by atoms with Crippen LogP contribution in [0.3, 0.4) is 0 Å². The molecule has 2 atom stereocenters. The van der Waals surface area contributed by atoms with Crippen molar-refractivity contribution in [2.24, 2.45) is 7.05 Å². The third-order valence-corrected chi connectivity index (χ3v) is 4.90. The molecule has 2 aliphatic rings. The Bertz CT molecular complexity index is 733. The molecule has 4 rings (SSSR count). The van der Waals surface area contributed by atoms with E-state index in [-0.39, 0.29) is 12.1 Å². The third-order valence-electron chi connectivity index (χ3n) is 4.90. The molecule has 1 fully saturated rings. The molecule has 1 aromatic carbocycles. The Morgan fingerprint density at radius 3 is 3.04 bits per heavy atom. The number of ether oxygens (including phenoxy) is 3. The van der Waals surface area contributed by atoms with Crippen molar-refractivity contribution in [1.29, 1.82) is 0 Å². The van der Waals surface area contributed by atoms with E-state index in [2.05, 4.69) is 32.9 Å². The van der Waals surface area contributed by atoms with Crippen molar-refractivity contribution >= 4 is 0 Å². The van der Waals surface area contributed by atoms with E-state index in [1.165, 1.54) is 5.69 Å². The summed E-state index contributed by atoms with van der Waals surface area (Å²) < 4.78 is 19.1. The number of aromatic nitrogens is 2. The first-order valence-electron chi connectivity index (χ1n) is 8.60. The van der Waals surface area contributed by atoms with Crippen molar-refractivity contribution in [3.63, 3.8) is 0 Å². The zero-order chi connectivity index (χ0) is 17.2. The van der Waals surface area contributed by atoms with E-state index in [9.17, 15) is 0 Å². The van der Waals surface area contributed by atoms with Crippen LogP contribution in [0.15, 0.2) is 30.7 Å². The zero-order valence-electron chi connectivity index (χ0n) is 14.6. The van der Waals surface area contributed by atoms with Crippen LogP contribution in [0.1, 0.15) is 17.3 Å². The van der Waals surface area contributed by atoms with Gasteiger partial charge in [-0.05, 0) is 13.1 Å².